The summed E-state index contributed by atoms with van der Waals surface area (Å²) in [6.45, 7) is 10.8. The van der Waals surface area contributed by atoms with Gasteiger partial charge in [-0.2, -0.15) is 4.31 Å². The van der Waals surface area contributed by atoms with Crippen LogP contribution in [0.4, 0.5) is 0 Å². The van der Waals surface area contributed by atoms with Gasteiger partial charge in [0.1, 0.15) is 5.69 Å². The van der Waals surface area contributed by atoms with Crippen LogP contribution in [0, 0.1) is 20.8 Å². The van der Waals surface area contributed by atoms with E-state index >= 15 is 0 Å². The number of ether oxygens (including phenoxy) is 1. The molecule has 0 spiro atoms. The average Bonchev–Trinajstić information content (AvgIpc) is 2.99. The van der Waals surface area contributed by atoms with Gasteiger partial charge in [0.25, 0.3) is 0 Å². The number of carbonyl (C=O) groups excluding carboxylic acids is 2. The van der Waals surface area contributed by atoms with E-state index in [-0.39, 0.29) is 29.5 Å². The third kappa shape index (κ3) is 4.65. The van der Waals surface area contributed by atoms with Crippen LogP contribution in [-0.4, -0.2) is 48.7 Å². The normalized spacial score (nSPS) is 12.8. The molecule has 0 radical (unpaired) electrons. The molecule has 0 aliphatic carbocycles. The Hall–Kier alpha value is -2.45. The lowest BCUT2D eigenvalue weighted by atomic mass is 10.0. The minimum Gasteiger partial charge on any atom is -0.461 e. The number of hydrogen-bond acceptors (Lipinski definition) is 5. The van der Waals surface area contributed by atoms with Crippen molar-refractivity contribution < 1.29 is 22.7 Å². The van der Waals surface area contributed by atoms with E-state index in [1.54, 1.807) is 52.0 Å². The molecule has 0 bridgehead atoms. The number of aromatic amines is 1. The Morgan fingerprint density at radius 2 is 1.70 bits per heavy atom. The maximum Gasteiger partial charge on any atom is 0.355 e. The number of aromatic nitrogens is 1. The number of nitrogens with one attached hydrogen (secondary N) is 1. The molecule has 1 N–H and O–H groups in total. The first-order valence-corrected chi connectivity index (χ1v) is 11.5. The molecular weight excluding hydrogens is 404 g/mol. The fourth-order valence-electron chi connectivity index (χ4n) is 3.45. The molecule has 0 saturated carbocycles. The van der Waals surface area contributed by atoms with Gasteiger partial charge in [-0.15, -0.1) is 0 Å². The van der Waals surface area contributed by atoms with Crippen molar-refractivity contribution in [1.29, 1.82) is 0 Å². The maximum absolute atomic E-state index is 13.4. The molecule has 0 amide bonds. The zero-order valence-electron chi connectivity index (χ0n) is 18.4. The second-order valence-corrected chi connectivity index (χ2v) is 9.21. The number of hydrogen-bond donors (Lipinski definition) is 1. The lowest BCUT2D eigenvalue weighted by Gasteiger charge is -2.27. The molecule has 1 atom stereocenters. The minimum atomic E-state index is -3.87. The zero-order valence-corrected chi connectivity index (χ0v) is 19.2. The number of H-pyrrole nitrogens is 1. The Kier molecular flexibility index (Phi) is 7.60. The first kappa shape index (κ1) is 23.8. The van der Waals surface area contributed by atoms with Crippen LogP contribution in [0.15, 0.2) is 29.2 Å². The van der Waals surface area contributed by atoms with Crippen LogP contribution < -0.4 is 0 Å². The van der Waals surface area contributed by atoms with E-state index in [4.69, 9.17) is 4.74 Å². The Balaban J connectivity index is 2.45. The molecule has 2 rings (SSSR count). The van der Waals surface area contributed by atoms with E-state index < -0.39 is 22.0 Å². The van der Waals surface area contributed by atoms with Gasteiger partial charge in [-0.1, -0.05) is 24.6 Å². The molecule has 30 heavy (non-hydrogen) atoms. The number of ketones is 1. The highest BCUT2D eigenvalue weighted by molar-refractivity contribution is 7.89. The lowest BCUT2D eigenvalue weighted by molar-refractivity contribution is 0.0519. The summed E-state index contributed by atoms with van der Waals surface area (Å²) < 4.78 is 32.8. The second kappa shape index (κ2) is 9.57. The van der Waals surface area contributed by atoms with Gasteiger partial charge in [0.15, 0.2) is 5.78 Å². The Labute approximate surface area is 178 Å². The summed E-state index contributed by atoms with van der Waals surface area (Å²) in [7, 11) is -3.87. The molecule has 1 aromatic heterocycles. The van der Waals surface area contributed by atoms with Gasteiger partial charge in [-0.25, -0.2) is 13.2 Å². The molecule has 1 heterocycles. The third-order valence-corrected chi connectivity index (χ3v) is 7.03. The van der Waals surface area contributed by atoms with Gasteiger partial charge >= 0.3 is 5.97 Å². The van der Waals surface area contributed by atoms with Gasteiger partial charge in [0.05, 0.1) is 17.5 Å². The van der Waals surface area contributed by atoms with Crippen molar-refractivity contribution in [3.8, 4) is 0 Å². The highest BCUT2D eigenvalue weighted by Crippen LogP contribution is 2.25. The van der Waals surface area contributed by atoms with Crippen molar-refractivity contribution in [3.05, 3.63) is 52.3 Å². The van der Waals surface area contributed by atoms with E-state index in [9.17, 15) is 18.0 Å². The smallest absolute Gasteiger partial charge is 0.355 e. The van der Waals surface area contributed by atoms with Crippen LogP contribution in [0.2, 0.25) is 0 Å². The molecule has 8 heteroatoms. The quantitative estimate of drug-likeness (QED) is 0.478. The van der Waals surface area contributed by atoms with Crippen molar-refractivity contribution >= 4 is 21.8 Å². The SMILES string of the molecule is CCCN([C@H](C)C(=O)c1c(C)[nH]c(C(=O)OCC)c1C)S(=O)(=O)c1ccc(C)cc1. The van der Waals surface area contributed by atoms with E-state index in [0.717, 1.165) is 5.56 Å². The number of Topliss-reactive ketones (excluding diaryl/α,β-unsaturated/α-hetero) is 1. The molecule has 7 nitrogen and oxygen atoms in total. The Morgan fingerprint density at radius 3 is 2.23 bits per heavy atom. The molecule has 2 aromatic rings. The van der Waals surface area contributed by atoms with Crippen molar-refractivity contribution in [2.24, 2.45) is 0 Å². The highest BCUT2D eigenvalue weighted by atomic mass is 32.2. The molecule has 164 valence electrons. The summed E-state index contributed by atoms with van der Waals surface area (Å²) in [6, 6.07) is 5.64. The topological polar surface area (TPSA) is 96.5 Å². The second-order valence-electron chi connectivity index (χ2n) is 7.31. The van der Waals surface area contributed by atoms with Crippen LogP contribution in [0.1, 0.15) is 64.9 Å². The monoisotopic (exact) mass is 434 g/mol. The number of esters is 1. The third-order valence-electron chi connectivity index (χ3n) is 5.05. The van der Waals surface area contributed by atoms with Crippen molar-refractivity contribution in [1.82, 2.24) is 9.29 Å². The lowest BCUT2D eigenvalue weighted by Crippen LogP contribution is -2.44. The van der Waals surface area contributed by atoms with Gasteiger partial charge in [-0.3, -0.25) is 4.79 Å². The number of carbonyl (C=O) groups is 2. The van der Waals surface area contributed by atoms with Crippen LogP contribution in [0.25, 0.3) is 0 Å². The van der Waals surface area contributed by atoms with Crippen LogP contribution >= 0.6 is 0 Å². The summed E-state index contributed by atoms with van der Waals surface area (Å²) in [5.41, 5.74) is 2.47. The Morgan fingerprint density at radius 1 is 1.10 bits per heavy atom. The molecule has 0 aliphatic rings. The fourth-order valence-corrected chi connectivity index (χ4v) is 5.14. The summed E-state index contributed by atoms with van der Waals surface area (Å²) in [5, 5.41) is 0. The molecule has 0 fully saturated rings. The number of benzene rings is 1. The maximum atomic E-state index is 13.4. The number of nitrogens with zero attached hydrogens (tertiary/aromatic N) is 1. The highest BCUT2D eigenvalue weighted by Gasteiger charge is 2.35. The predicted octanol–water partition coefficient (Wildman–Crippen LogP) is 3.79. The van der Waals surface area contributed by atoms with E-state index in [0.29, 0.717) is 23.2 Å². The summed E-state index contributed by atoms with van der Waals surface area (Å²) in [6.07, 6.45) is 0.557. The molecule has 0 aliphatic heterocycles. The van der Waals surface area contributed by atoms with Crippen molar-refractivity contribution in [2.45, 2.75) is 58.9 Å². The molecular formula is C22H30N2O5S. The first-order chi connectivity index (χ1) is 14.1. The number of rotatable bonds is 9. The standard InChI is InChI=1S/C22H30N2O5S/c1-7-13-24(30(27,28)18-11-9-14(3)10-12-18)17(6)21(25)19-15(4)20(23-16(19)5)22(26)29-8-2/h9-12,17,23H,7-8,13H2,1-6H3/t17-/m1/s1. The summed E-state index contributed by atoms with van der Waals surface area (Å²) in [4.78, 5) is 28.6. The van der Waals surface area contributed by atoms with Crippen molar-refractivity contribution in [3.63, 3.8) is 0 Å². The van der Waals surface area contributed by atoms with Crippen LogP contribution in [0.5, 0.6) is 0 Å². The summed E-state index contributed by atoms with van der Waals surface area (Å²) in [5.74, 6) is -0.900. The van der Waals surface area contributed by atoms with Crippen LogP contribution in [-0.2, 0) is 14.8 Å². The van der Waals surface area contributed by atoms with Crippen molar-refractivity contribution in [2.75, 3.05) is 13.2 Å². The summed E-state index contributed by atoms with van der Waals surface area (Å²) >= 11 is 0. The predicted molar refractivity (Wildman–Crippen MR) is 115 cm³/mol. The fraction of sp³-hybridized carbons (Fsp3) is 0.455. The van der Waals surface area contributed by atoms with Gasteiger partial charge in [0.2, 0.25) is 10.0 Å². The van der Waals surface area contributed by atoms with Gasteiger partial charge in [-0.05, 0) is 58.7 Å². The van der Waals surface area contributed by atoms with E-state index in [2.05, 4.69) is 4.98 Å². The zero-order chi connectivity index (χ0) is 22.6. The minimum absolute atomic E-state index is 0.149. The van der Waals surface area contributed by atoms with Gasteiger partial charge in [0, 0.05) is 17.8 Å². The largest absolute Gasteiger partial charge is 0.461 e. The Bertz CT molecular complexity index is 1020. The molecule has 0 unspecified atom stereocenters. The van der Waals surface area contributed by atoms with Gasteiger partial charge < -0.3 is 9.72 Å². The van der Waals surface area contributed by atoms with Crippen LogP contribution in [0.3, 0.4) is 0 Å². The molecule has 0 saturated heterocycles. The average molecular weight is 435 g/mol. The first-order valence-electron chi connectivity index (χ1n) is 10.0. The van der Waals surface area contributed by atoms with E-state index in [1.165, 1.54) is 4.31 Å². The number of aryl methyl sites for hydroxylation is 2. The number of sulfonamides is 1. The van der Waals surface area contributed by atoms with E-state index in [1.807, 2.05) is 13.8 Å². The molecule has 1 aromatic carbocycles.